The van der Waals surface area contributed by atoms with Crippen molar-refractivity contribution < 1.29 is 19.1 Å². The first-order valence-electron chi connectivity index (χ1n) is 9.98. The number of halogens is 2. The molecule has 0 atom stereocenters. The monoisotopic (exact) mass is 560 g/mol. The van der Waals surface area contributed by atoms with E-state index in [1.807, 2.05) is 13.8 Å². The summed E-state index contributed by atoms with van der Waals surface area (Å²) in [5.74, 6) is 0.278. The summed E-state index contributed by atoms with van der Waals surface area (Å²) in [6.45, 7) is 4.46. The van der Waals surface area contributed by atoms with E-state index in [1.54, 1.807) is 60.7 Å². The van der Waals surface area contributed by atoms with Crippen molar-refractivity contribution in [3.8, 4) is 11.5 Å². The second-order valence-corrected chi connectivity index (χ2v) is 8.46. The fourth-order valence-electron chi connectivity index (χ4n) is 2.90. The van der Waals surface area contributed by atoms with Gasteiger partial charge in [0.05, 0.1) is 24.6 Å². The van der Waals surface area contributed by atoms with Gasteiger partial charge in [0.15, 0.2) is 0 Å². The lowest BCUT2D eigenvalue weighted by molar-refractivity contribution is 0.101. The van der Waals surface area contributed by atoms with E-state index in [2.05, 4.69) is 42.5 Å². The highest BCUT2D eigenvalue weighted by atomic mass is 79.9. The largest absolute Gasteiger partial charge is 0.492 e. The zero-order chi connectivity index (χ0) is 23.1. The van der Waals surface area contributed by atoms with Crippen molar-refractivity contribution in [1.29, 1.82) is 0 Å². The Kier molecular flexibility index (Phi) is 8.30. The van der Waals surface area contributed by atoms with Gasteiger partial charge in [-0.25, -0.2) is 0 Å². The van der Waals surface area contributed by atoms with Crippen LogP contribution in [0.3, 0.4) is 0 Å². The van der Waals surface area contributed by atoms with E-state index in [-0.39, 0.29) is 11.8 Å². The average molecular weight is 562 g/mol. The second kappa shape index (κ2) is 11.2. The molecule has 0 saturated carbocycles. The van der Waals surface area contributed by atoms with Crippen LogP contribution in [0.25, 0.3) is 0 Å². The van der Waals surface area contributed by atoms with Crippen LogP contribution >= 0.6 is 31.9 Å². The lowest BCUT2D eigenvalue weighted by atomic mass is 10.1. The van der Waals surface area contributed by atoms with Crippen molar-refractivity contribution in [2.75, 3.05) is 23.8 Å². The Labute approximate surface area is 203 Å². The molecule has 8 heteroatoms. The van der Waals surface area contributed by atoms with E-state index in [0.29, 0.717) is 47.2 Å². The van der Waals surface area contributed by atoms with Gasteiger partial charge in [0.1, 0.15) is 11.5 Å². The van der Waals surface area contributed by atoms with Crippen molar-refractivity contribution in [2.45, 2.75) is 13.8 Å². The first kappa shape index (κ1) is 23.8. The van der Waals surface area contributed by atoms with E-state index in [9.17, 15) is 9.59 Å². The topological polar surface area (TPSA) is 76.7 Å². The van der Waals surface area contributed by atoms with Gasteiger partial charge in [0.25, 0.3) is 11.8 Å². The highest BCUT2D eigenvalue weighted by Crippen LogP contribution is 2.37. The standard InChI is InChI=1S/C24H22Br2N2O4/c1-3-31-21-13-20(28-24(30)16-7-11-18(26)12-8-16)22(32-4-2)14-19(21)27-23(29)15-5-9-17(25)10-6-15/h5-14H,3-4H2,1-2H3,(H,27,29)(H,28,30). The fourth-order valence-corrected chi connectivity index (χ4v) is 3.43. The van der Waals surface area contributed by atoms with E-state index in [1.165, 1.54) is 0 Å². The molecule has 3 rings (SSSR count). The summed E-state index contributed by atoms with van der Waals surface area (Å²) >= 11 is 6.73. The third kappa shape index (κ3) is 6.11. The summed E-state index contributed by atoms with van der Waals surface area (Å²) in [5, 5.41) is 5.74. The second-order valence-electron chi connectivity index (χ2n) is 6.63. The Morgan fingerprint density at radius 3 is 1.34 bits per heavy atom. The van der Waals surface area contributed by atoms with Gasteiger partial charge in [0, 0.05) is 32.2 Å². The van der Waals surface area contributed by atoms with Crippen LogP contribution in [0.15, 0.2) is 69.6 Å². The molecule has 166 valence electrons. The maximum atomic E-state index is 12.7. The molecule has 0 radical (unpaired) electrons. The molecule has 0 bridgehead atoms. The molecule has 0 aliphatic carbocycles. The number of hydrogen-bond acceptors (Lipinski definition) is 4. The van der Waals surface area contributed by atoms with Crippen molar-refractivity contribution >= 4 is 55.0 Å². The molecule has 0 aromatic heterocycles. The van der Waals surface area contributed by atoms with E-state index in [0.717, 1.165) is 8.95 Å². The number of rotatable bonds is 8. The number of carbonyl (C=O) groups is 2. The van der Waals surface area contributed by atoms with Crippen LogP contribution in [-0.4, -0.2) is 25.0 Å². The molecule has 0 unspecified atom stereocenters. The molecule has 3 aromatic carbocycles. The molecule has 3 aromatic rings. The molecule has 32 heavy (non-hydrogen) atoms. The maximum absolute atomic E-state index is 12.7. The minimum absolute atomic E-state index is 0.285. The highest BCUT2D eigenvalue weighted by molar-refractivity contribution is 9.10. The van der Waals surface area contributed by atoms with Crippen molar-refractivity contribution in [2.24, 2.45) is 0 Å². The van der Waals surface area contributed by atoms with Gasteiger partial charge in [-0.05, 0) is 62.4 Å². The highest BCUT2D eigenvalue weighted by Gasteiger charge is 2.17. The summed E-state index contributed by atoms with van der Waals surface area (Å²) in [6, 6.07) is 17.4. The Balaban J connectivity index is 1.91. The Morgan fingerprint density at radius 2 is 1.03 bits per heavy atom. The van der Waals surface area contributed by atoms with Crippen LogP contribution in [0.4, 0.5) is 11.4 Å². The molecule has 0 aliphatic heterocycles. The van der Waals surface area contributed by atoms with Gasteiger partial charge in [-0.2, -0.15) is 0 Å². The Hall–Kier alpha value is -2.84. The van der Waals surface area contributed by atoms with Gasteiger partial charge in [-0.1, -0.05) is 31.9 Å². The molecule has 0 fully saturated rings. The van der Waals surface area contributed by atoms with Gasteiger partial charge in [-0.3, -0.25) is 9.59 Å². The summed E-state index contributed by atoms with van der Waals surface area (Å²) < 4.78 is 13.2. The molecule has 0 spiro atoms. The lowest BCUT2D eigenvalue weighted by Crippen LogP contribution is -2.15. The molecule has 2 N–H and O–H groups in total. The number of hydrogen-bond donors (Lipinski definition) is 2. The third-order valence-electron chi connectivity index (χ3n) is 4.39. The van der Waals surface area contributed by atoms with Gasteiger partial charge in [-0.15, -0.1) is 0 Å². The number of carbonyl (C=O) groups excluding carboxylic acids is 2. The first-order valence-corrected chi connectivity index (χ1v) is 11.6. The number of ether oxygens (including phenoxy) is 2. The van der Waals surface area contributed by atoms with Crippen LogP contribution < -0.4 is 20.1 Å². The third-order valence-corrected chi connectivity index (χ3v) is 5.45. The molecule has 0 heterocycles. The predicted octanol–water partition coefficient (Wildman–Crippen LogP) is 6.51. The van der Waals surface area contributed by atoms with Crippen molar-refractivity contribution in [1.82, 2.24) is 0 Å². The van der Waals surface area contributed by atoms with Crippen molar-refractivity contribution in [3.05, 3.63) is 80.7 Å². The number of nitrogens with one attached hydrogen (secondary N) is 2. The average Bonchev–Trinajstić information content (AvgIpc) is 2.77. The van der Waals surface area contributed by atoms with Gasteiger partial charge in [0.2, 0.25) is 0 Å². The van der Waals surface area contributed by atoms with Crippen LogP contribution in [0.5, 0.6) is 11.5 Å². The summed E-state index contributed by atoms with van der Waals surface area (Å²) in [5.41, 5.74) is 1.90. The zero-order valence-electron chi connectivity index (χ0n) is 17.6. The fraction of sp³-hybridized carbons (Fsp3) is 0.167. The quantitative estimate of drug-likeness (QED) is 0.328. The van der Waals surface area contributed by atoms with Gasteiger partial charge >= 0.3 is 0 Å². The SMILES string of the molecule is CCOc1cc(NC(=O)c2ccc(Br)cc2)c(OCC)cc1NC(=O)c1ccc(Br)cc1. The number of amides is 2. The molecular weight excluding hydrogens is 540 g/mol. The first-order chi connectivity index (χ1) is 15.4. The lowest BCUT2D eigenvalue weighted by Gasteiger charge is -2.18. The van der Waals surface area contributed by atoms with Crippen molar-refractivity contribution in [3.63, 3.8) is 0 Å². The molecule has 0 aliphatic rings. The van der Waals surface area contributed by atoms with Crippen LogP contribution in [-0.2, 0) is 0 Å². The minimum atomic E-state index is -0.285. The zero-order valence-corrected chi connectivity index (χ0v) is 20.7. The summed E-state index contributed by atoms with van der Waals surface area (Å²) in [7, 11) is 0. The minimum Gasteiger partial charge on any atom is -0.492 e. The smallest absolute Gasteiger partial charge is 0.255 e. The predicted molar refractivity (Wildman–Crippen MR) is 133 cm³/mol. The van der Waals surface area contributed by atoms with E-state index < -0.39 is 0 Å². The molecule has 2 amide bonds. The summed E-state index contributed by atoms with van der Waals surface area (Å²) in [6.07, 6.45) is 0. The molecule has 0 saturated heterocycles. The van der Waals surface area contributed by atoms with E-state index >= 15 is 0 Å². The number of anilines is 2. The Morgan fingerprint density at radius 1 is 0.688 bits per heavy atom. The molecular formula is C24H22Br2N2O4. The Bertz CT molecular complexity index is 1010. The summed E-state index contributed by atoms with van der Waals surface area (Å²) in [4.78, 5) is 25.5. The molecule has 6 nitrogen and oxygen atoms in total. The normalized spacial score (nSPS) is 10.4. The number of benzene rings is 3. The van der Waals surface area contributed by atoms with E-state index in [4.69, 9.17) is 9.47 Å². The van der Waals surface area contributed by atoms with Gasteiger partial charge < -0.3 is 20.1 Å². The maximum Gasteiger partial charge on any atom is 0.255 e. The van der Waals surface area contributed by atoms with Crippen LogP contribution in [0.2, 0.25) is 0 Å². The van der Waals surface area contributed by atoms with Crippen LogP contribution in [0.1, 0.15) is 34.6 Å². The van der Waals surface area contributed by atoms with Crippen LogP contribution in [0, 0.1) is 0 Å².